The average Bonchev–Trinajstić information content (AvgIpc) is 2.77. The number of nitrogens with two attached hydrogens (primary N) is 1. The van der Waals surface area contributed by atoms with Gasteiger partial charge in [-0.05, 0) is 54.4 Å². The van der Waals surface area contributed by atoms with Crippen molar-refractivity contribution in [3.8, 4) is 11.1 Å². The summed E-state index contributed by atoms with van der Waals surface area (Å²) >= 11 is 0. The molecule has 0 heterocycles. The van der Waals surface area contributed by atoms with Gasteiger partial charge in [0.25, 0.3) is 21.9 Å². The molecule has 0 atom stereocenters. The molecule has 0 radical (unpaired) electrons. The molecule has 3 aromatic rings. The van der Waals surface area contributed by atoms with Gasteiger partial charge in [0.1, 0.15) is 5.84 Å². The molecule has 0 aromatic heterocycles. The Morgan fingerprint density at radius 3 is 2.03 bits per heavy atom. The number of anilines is 1. The fraction of sp³-hybridized carbons (Fsp3) is 0.0870. The van der Waals surface area contributed by atoms with Gasteiger partial charge in [0, 0.05) is 22.4 Å². The molecule has 0 aliphatic heterocycles. The van der Waals surface area contributed by atoms with E-state index in [1.54, 1.807) is 66.1 Å². The zero-order valence-electron chi connectivity index (χ0n) is 18.4. The van der Waals surface area contributed by atoms with E-state index in [2.05, 4.69) is 5.32 Å². The van der Waals surface area contributed by atoms with Crippen LogP contribution in [0.3, 0.4) is 0 Å². The van der Waals surface area contributed by atoms with Crippen LogP contribution in [-0.4, -0.2) is 42.1 Å². The lowest BCUT2D eigenvalue weighted by atomic mass is 9.93. The number of hydrogen-bond donors (Lipinski definition) is 6. The Labute approximate surface area is 196 Å². The summed E-state index contributed by atoms with van der Waals surface area (Å²) in [4.78, 5) is 25.0. The number of amidine groups is 1. The molecule has 0 unspecified atom stereocenters. The molecule has 3 aromatic carbocycles. The predicted octanol–water partition coefficient (Wildman–Crippen LogP) is 2.82. The second-order valence-corrected chi connectivity index (χ2v) is 8.68. The number of nitrogens with one attached hydrogen (secondary N) is 3. The van der Waals surface area contributed by atoms with Gasteiger partial charge in [-0.1, -0.05) is 35.9 Å². The van der Waals surface area contributed by atoms with Gasteiger partial charge >= 0.3 is 0 Å². The minimum Gasteiger partial charge on any atom is -0.384 e. The molecular formula is C23H24N4O6S. The largest absolute Gasteiger partial charge is 0.384 e. The molecule has 0 aliphatic rings. The lowest BCUT2D eigenvalue weighted by molar-refractivity contribution is 0.0707. The van der Waals surface area contributed by atoms with Crippen LogP contribution in [0.2, 0.25) is 0 Å². The minimum atomic E-state index is -3.67. The van der Waals surface area contributed by atoms with Crippen molar-refractivity contribution in [3.05, 3.63) is 89.0 Å². The third-order valence-corrected chi connectivity index (χ3v) is 4.44. The van der Waals surface area contributed by atoms with E-state index in [0.717, 1.165) is 5.56 Å². The van der Waals surface area contributed by atoms with Gasteiger partial charge < -0.3 is 11.1 Å². The highest BCUT2D eigenvalue weighted by Crippen LogP contribution is 2.29. The number of hydrogen-bond acceptors (Lipinski definition) is 6. The highest BCUT2D eigenvalue weighted by Gasteiger charge is 2.18. The summed E-state index contributed by atoms with van der Waals surface area (Å²) in [5, 5.41) is 19.3. The van der Waals surface area contributed by atoms with Crippen molar-refractivity contribution >= 4 is 33.5 Å². The predicted molar refractivity (Wildman–Crippen MR) is 129 cm³/mol. The van der Waals surface area contributed by atoms with Gasteiger partial charge in [-0.25, -0.2) is 5.48 Å². The molecule has 10 nitrogen and oxygen atoms in total. The van der Waals surface area contributed by atoms with E-state index < -0.39 is 16.0 Å². The maximum atomic E-state index is 13.0. The molecule has 0 bridgehead atoms. The molecule has 7 N–H and O–H groups in total. The van der Waals surface area contributed by atoms with E-state index in [4.69, 9.17) is 20.9 Å². The fourth-order valence-electron chi connectivity index (χ4n) is 2.99. The van der Waals surface area contributed by atoms with Crippen LogP contribution in [0.25, 0.3) is 11.1 Å². The number of aryl methyl sites for hydroxylation is 1. The topological polar surface area (TPSA) is 183 Å². The van der Waals surface area contributed by atoms with E-state index in [1.165, 1.54) is 0 Å². The van der Waals surface area contributed by atoms with Crippen molar-refractivity contribution < 1.29 is 27.8 Å². The van der Waals surface area contributed by atoms with Crippen LogP contribution in [0.1, 0.15) is 31.8 Å². The summed E-state index contributed by atoms with van der Waals surface area (Å²) in [6.45, 7) is 1.87. The molecule has 0 aliphatic carbocycles. The van der Waals surface area contributed by atoms with Crippen molar-refractivity contribution in [2.45, 2.75) is 6.92 Å². The Balaban J connectivity index is 0.000000739. The van der Waals surface area contributed by atoms with E-state index in [9.17, 15) is 18.0 Å². The Hall–Kier alpha value is -4.06. The van der Waals surface area contributed by atoms with Crippen LogP contribution < -0.4 is 16.5 Å². The Kier molecular flexibility index (Phi) is 8.62. The second kappa shape index (κ2) is 11.2. The molecule has 0 spiro atoms. The van der Waals surface area contributed by atoms with Gasteiger partial charge in [-0.2, -0.15) is 8.42 Å². The Morgan fingerprint density at radius 2 is 1.47 bits per heavy atom. The van der Waals surface area contributed by atoms with E-state index >= 15 is 0 Å². The SMILES string of the molecule is CS(=O)(=O)O.Cc1ccc(-c2ccccc2C(=O)NO)c(C(=O)Nc2ccc(C(=N)N)cc2)c1. The van der Waals surface area contributed by atoms with Crippen molar-refractivity contribution in [2.24, 2.45) is 5.73 Å². The van der Waals surface area contributed by atoms with Crippen molar-refractivity contribution in [3.63, 3.8) is 0 Å². The zero-order valence-corrected chi connectivity index (χ0v) is 19.2. The first-order valence-electron chi connectivity index (χ1n) is 9.73. The number of benzene rings is 3. The first-order chi connectivity index (χ1) is 15.9. The maximum Gasteiger partial charge on any atom is 0.275 e. The van der Waals surface area contributed by atoms with Crippen molar-refractivity contribution in [1.29, 1.82) is 5.41 Å². The van der Waals surface area contributed by atoms with Gasteiger partial charge in [0.15, 0.2) is 0 Å². The number of carbonyl (C=O) groups is 2. The fourth-order valence-corrected chi connectivity index (χ4v) is 2.99. The summed E-state index contributed by atoms with van der Waals surface area (Å²) in [5.74, 6) is -1.06. The lowest BCUT2D eigenvalue weighted by Gasteiger charge is -2.14. The molecule has 178 valence electrons. The summed E-state index contributed by atoms with van der Waals surface area (Å²) in [6.07, 6.45) is 0.715. The van der Waals surface area contributed by atoms with Crippen LogP contribution in [0.4, 0.5) is 5.69 Å². The molecule has 11 heteroatoms. The lowest BCUT2D eigenvalue weighted by Crippen LogP contribution is -2.20. The molecule has 34 heavy (non-hydrogen) atoms. The first-order valence-corrected chi connectivity index (χ1v) is 11.6. The molecule has 3 rings (SSSR count). The maximum absolute atomic E-state index is 13.0. The van der Waals surface area contributed by atoms with Gasteiger partial charge in [-0.3, -0.25) is 24.8 Å². The quantitative estimate of drug-likeness (QED) is 0.106. The number of amides is 2. The van der Waals surface area contributed by atoms with Gasteiger partial charge in [0.05, 0.1) is 6.26 Å². The average molecular weight is 485 g/mol. The monoisotopic (exact) mass is 484 g/mol. The summed E-state index contributed by atoms with van der Waals surface area (Å²) in [7, 11) is -3.67. The molecule has 2 amide bonds. The summed E-state index contributed by atoms with van der Waals surface area (Å²) in [5.41, 5.74) is 10.8. The zero-order chi connectivity index (χ0) is 25.5. The number of nitrogen functional groups attached to an aromatic ring is 1. The normalized spacial score (nSPS) is 10.5. The Bertz CT molecular complexity index is 1310. The highest BCUT2D eigenvalue weighted by molar-refractivity contribution is 7.85. The van der Waals surface area contributed by atoms with E-state index in [-0.39, 0.29) is 17.3 Å². The van der Waals surface area contributed by atoms with Crippen molar-refractivity contribution in [2.75, 3.05) is 11.6 Å². The Morgan fingerprint density at radius 1 is 0.912 bits per heavy atom. The van der Waals surface area contributed by atoms with Crippen LogP contribution >= 0.6 is 0 Å². The molecule has 0 saturated carbocycles. The first kappa shape index (κ1) is 26.2. The molecular weight excluding hydrogens is 460 g/mol. The summed E-state index contributed by atoms with van der Waals surface area (Å²) in [6, 6.07) is 18.7. The van der Waals surface area contributed by atoms with E-state index in [0.29, 0.717) is 34.2 Å². The highest BCUT2D eigenvalue weighted by atomic mass is 32.2. The van der Waals surface area contributed by atoms with Crippen LogP contribution in [0.5, 0.6) is 0 Å². The van der Waals surface area contributed by atoms with E-state index in [1.807, 2.05) is 13.0 Å². The third-order valence-electron chi connectivity index (χ3n) is 4.44. The third kappa shape index (κ3) is 7.52. The second-order valence-electron chi connectivity index (χ2n) is 7.21. The smallest absolute Gasteiger partial charge is 0.275 e. The van der Waals surface area contributed by atoms with Crippen molar-refractivity contribution in [1.82, 2.24) is 5.48 Å². The van der Waals surface area contributed by atoms with Crippen LogP contribution in [0.15, 0.2) is 66.7 Å². The summed E-state index contributed by atoms with van der Waals surface area (Å²) < 4.78 is 25.9. The van der Waals surface area contributed by atoms with Crippen LogP contribution in [0, 0.1) is 12.3 Å². The minimum absolute atomic E-state index is 0.0531. The molecule has 0 saturated heterocycles. The van der Waals surface area contributed by atoms with Gasteiger partial charge in [-0.15, -0.1) is 0 Å². The molecule has 0 fully saturated rings. The number of carbonyl (C=O) groups excluding carboxylic acids is 2. The van der Waals surface area contributed by atoms with Crippen LogP contribution in [-0.2, 0) is 10.1 Å². The number of rotatable bonds is 5. The number of hydroxylamine groups is 1. The standard InChI is InChI=1S/C22H20N4O3.CH4O3S/c1-13-6-11-17(16-4-2-3-5-18(16)22(28)26-29)19(12-13)21(27)25-15-9-7-14(8-10-15)20(23)24;1-5(2,3)4/h2-12,29H,1H3,(H3,23,24)(H,25,27)(H,26,28);1H3,(H,2,3,4). The van der Waals surface area contributed by atoms with Gasteiger partial charge in [0.2, 0.25) is 0 Å².